The number of carbonyl (C=O) groups is 1. The van der Waals surface area contributed by atoms with E-state index in [4.69, 9.17) is 4.74 Å². The van der Waals surface area contributed by atoms with E-state index in [-0.39, 0.29) is 5.78 Å². The maximum atomic E-state index is 10.9. The maximum Gasteiger partial charge on any atom is 0.189 e. The minimum absolute atomic E-state index is 0.202. The first-order valence-corrected chi connectivity index (χ1v) is 7.44. The second kappa shape index (κ2) is 6.86. The Morgan fingerprint density at radius 3 is 2.84 bits per heavy atom. The molecule has 0 amide bonds. The first kappa shape index (κ1) is 14.3. The summed E-state index contributed by atoms with van der Waals surface area (Å²) >= 11 is 1.54. The van der Waals surface area contributed by atoms with Crippen molar-refractivity contribution >= 4 is 23.4 Å². The molecule has 6 heteroatoms. The Balaban J connectivity index is 2.03. The van der Waals surface area contributed by atoms with Gasteiger partial charge in [-0.05, 0) is 13.8 Å². The molecule has 1 aromatic heterocycles. The molecule has 1 fully saturated rings. The van der Waals surface area contributed by atoms with E-state index in [1.807, 2.05) is 13.0 Å². The van der Waals surface area contributed by atoms with Crippen molar-refractivity contribution in [3.05, 3.63) is 11.8 Å². The summed E-state index contributed by atoms with van der Waals surface area (Å²) in [5.41, 5.74) is 0.960. The third kappa shape index (κ3) is 4.47. The topological polar surface area (TPSA) is 55.3 Å². The summed E-state index contributed by atoms with van der Waals surface area (Å²) < 4.78 is 5.35. The molecule has 104 valence electrons. The summed E-state index contributed by atoms with van der Waals surface area (Å²) in [5.74, 6) is 1.90. The van der Waals surface area contributed by atoms with Gasteiger partial charge in [-0.15, -0.1) is 0 Å². The normalized spacial score (nSPS) is 15.6. The number of nitrogens with zero attached hydrogens (tertiary/aromatic N) is 3. The lowest BCUT2D eigenvalue weighted by Gasteiger charge is -2.28. The number of aryl methyl sites for hydroxylation is 1. The molecular formula is C13H19N3O2S. The van der Waals surface area contributed by atoms with Crippen molar-refractivity contribution in [2.24, 2.45) is 0 Å². The Morgan fingerprint density at radius 2 is 2.16 bits per heavy atom. The highest BCUT2D eigenvalue weighted by atomic mass is 32.2. The largest absolute Gasteiger partial charge is 0.378 e. The number of carbonyl (C=O) groups excluding carboxylic acids is 1. The highest BCUT2D eigenvalue weighted by Gasteiger charge is 2.14. The number of anilines is 1. The van der Waals surface area contributed by atoms with Gasteiger partial charge in [-0.3, -0.25) is 4.79 Å². The summed E-state index contributed by atoms with van der Waals surface area (Å²) in [7, 11) is 0. The fourth-order valence-corrected chi connectivity index (χ4v) is 2.77. The number of thioether (sulfide) groups is 1. The van der Waals surface area contributed by atoms with Gasteiger partial charge >= 0.3 is 0 Å². The molecule has 19 heavy (non-hydrogen) atoms. The van der Waals surface area contributed by atoms with E-state index in [0.29, 0.717) is 6.42 Å². The van der Waals surface area contributed by atoms with E-state index >= 15 is 0 Å². The lowest BCUT2D eigenvalue weighted by atomic mass is 10.3. The Hall–Kier alpha value is -1.14. The summed E-state index contributed by atoms with van der Waals surface area (Å²) in [4.78, 5) is 22.1. The number of hydrogen-bond donors (Lipinski definition) is 0. The molecule has 5 nitrogen and oxygen atoms in total. The van der Waals surface area contributed by atoms with Crippen LogP contribution in [0.2, 0.25) is 0 Å². The van der Waals surface area contributed by atoms with E-state index in [0.717, 1.165) is 48.7 Å². The molecule has 0 aliphatic carbocycles. The highest BCUT2D eigenvalue weighted by molar-refractivity contribution is 7.99. The van der Waals surface area contributed by atoms with Crippen molar-refractivity contribution in [1.82, 2.24) is 9.97 Å². The number of ether oxygens (including phenoxy) is 1. The van der Waals surface area contributed by atoms with Gasteiger partial charge in [0.05, 0.1) is 13.2 Å². The molecule has 2 heterocycles. The average molecular weight is 281 g/mol. The van der Waals surface area contributed by atoms with Crippen molar-refractivity contribution < 1.29 is 9.53 Å². The molecule has 0 saturated carbocycles. The van der Waals surface area contributed by atoms with Gasteiger partial charge in [0.15, 0.2) is 5.16 Å². The van der Waals surface area contributed by atoms with Crippen molar-refractivity contribution in [3.8, 4) is 0 Å². The maximum absolute atomic E-state index is 10.9. The van der Waals surface area contributed by atoms with Gasteiger partial charge in [0.2, 0.25) is 0 Å². The molecule has 0 aromatic carbocycles. The predicted octanol–water partition coefficient (Wildman–Crippen LogP) is 1.69. The molecule has 0 bridgehead atoms. The van der Waals surface area contributed by atoms with E-state index in [2.05, 4.69) is 14.9 Å². The molecule has 2 rings (SSSR count). The van der Waals surface area contributed by atoms with Crippen LogP contribution in [0.4, 0.5) is 5.82 Å². The zero-order chi connectivity index (χ0) is 13.7. The molecular weight excluding hydrogens is 262 g/mol. The number of Topliss-reactive ketones (excluding diaryl/α,β-unsaturated/α-hetero) is 1. The van der Waals surface area contributed by atoms with Crippen molar-refractivity contribution in [3.63, 3.8) is 0 Å². The van der Waals surface area contributed by atoms with Crippen LogP contribution in [0.1, 0.15) is 19.0 Å². The lowest BCUT2D eigenvalue weighted by Crippen LogP contribution is -2.36. The summed E-state index contributed by atoms with van der Waals surface area (Å²) in [5, 5.41) is 0.753. The van der Waals surface area contributed by atoms with Crippen molar-refractivity contribution in [1.29, 1.82) is 0 Å². The average Bonchev–Trinajstić information content (AvgIpc) is 2.39. The second-order valence-corrected chi connectivity index (χ2v) is 5.61. The second-order valence-electron chi connectivity index (χ2n) is 4.55. The Labute approximate surface area is 117 Å². The molecule has 1 aliphatic rings. The van der Waals surface area contributed by atoms with Gasteiger partial charge in [0.25, 0.3) is 0 Å². The fraction of sp³-hybridized carbons (Fsp3) is 0.615. The minimum atomic E-state index is 0.202. The van der Waals surface area contributed by atoms with Gasteiger partial charge in [0.1, 0.15) is 11.6 Å². The quantitative estimate of drug-likeness (QED) is 0.605. The summed E-state index contributed by atoms with van der Waals surface area (Å²) in [6.07, 6.45) is 0.564. The zero-order valence-electron chi connectivity index (χ0n) is 11.4. The summed E-state index contributed by atoms with van der Waals surface area (Å²) in [6.45, 7) is 6.81. The van der Waals surface area contributed by atoms with Crippen molar-refractivity contribution in [2.45, 2.75) is 25.4 Å². The Bertz CT molecular complexity index is 448. The predicted molar refractivity (Wildman–Crippen MR) is 75.8 cm³/mol. The molecule has 1 aliphatic heterocycles. The van der Waals surface area contributed by atoms with Gasteiger partial charge in [0, 0.05) is 37.0 Å². The highest BCUT2D eigenvalue weighted by Crippen LogP contribution is 2.20. The standard InChI is InChI=1S/C13H19N3O2S/c1-10-9-12(16-4-6-18-7-5-16)15-13(14-10)19-8-3-11(2)17/h9H,3-8H2,1-2H3. The first-order chi connectivity index (χ1) is 9.15. The third-order valence-electron chi connectivity index (χ3n) is 2.84. The summed E-state index contributed by atoms with van der Waals surface area (Å²) in [6, 6.07) is 2.00. The Kier molecular flexibility index (Phi) is 5.15. The van der Waals surface area contributed by atoms with Crippen molar-refractivity contribution in [2.75, 3.05) is 37.0 Å². The van der Waals surface area contributed by atoms with Crippen LogP contribution in [-0.4, -0.2) is 47.8 Å². The molecule has 1 saturated heterocycles. The van der Waals surface area contributed by atoms with Gasteiger partial charge < -0.3 is 9.64 Å². The fourth-order valence-electron chi connectivity index (χ4n) is 1.83. The van der Waals surface area contributed by atoms with Crippen LogP contribution in [0.5, 0.6) is 0 Å². The van der Waals surface area contributed by atoms with E-state index in [1.54, 1.807) is 18.7 Å². The number of morpholine rings is 1. The van der Waals surface area contributed by atoms with Crippen LogP contribution in [0, 0.1) is 6.92 Å². The van der Waals surface area contributed by atoms with Crippen LogP contribution >= 0.6 is 11.8 Å². The van der Waals surface area contributed by atoms with Crippen LogP contribution in [0.25, 0.3) is 0 Å². The van der Waals surface area contributed by atoms with Gasteiger partial charge in [-0.2, -0.15) is 0 Å². The SMILES string of the molecule is CC(=O)CCSc1nc(C)cc(N2CCOCC2)n1. The van der Waals surface area contributed by atoms with E-state index < -0.39 is 0 Å². The number of rotatable bonds is 5. The van der Waals surface area contributed by atoms with Gasteiger partial charge in [-0.25, -0.2) is 9.97 Å². The van der Waals surface area contributed by atoms with Crippen LogP contribution in [0.15, 0.2) is 11.2 Å². The van der Waals surface area contributed by atoms with E-state index in [9.17, 15) is 4.79 Å². The molecule has 0 atom stereocenters. The lowest BCUT2D eigenvalue weighted by molar-refractivity contribution is -0.116. The Morgan fingerprint density at radius 1 is 1.42 bits per heavy atom. The first-order valence-electron chi connectivity index (χ1n) is 6.46. The van der Waals surface area contributed by atoms with Crippen LogP contribution in [-0.2, 0) is 9.53 Å². The van der Waals surface area contributed by atoms with Crippen LogP contribution in [0.3, 0.4) is 0 Å². The number of aromatic nitrogens is 2. The van der Waals surface area contributed by atoms with Gasteiger partial charge in [-0.1, -0.05) is 11.8 Å². The van der Waals surface area contributed by atoms with Crippen LogP contribution < -0.4 is 4.90 Å². The zero-order valence-corrected chi connectivity index (χ0v) is 12.2. The smallest absolute Gasteiger partial charge is 0.189 e. The number of ketones is 1. The molecule has 1 aromatic rings. The molecule has 0 spiro atoms. The molecule has 0 N–H and O–H groups in total. The molecule has 0 unspecified atom stereocenters. The third-order valence-corrected chi connectivity index (χ3v) is 3.69. The minimum Gasteiger partial charge on any atom is -0.378 e. The van der Waals surface area contributed by atoms with E-state index in [1.165, 1.54) is 0 Å². The number of hydrogen-bond acceptors (Lipinski definition) is 6. The monoisotopic (exact) mass is 281 g/mol. The molecule has 0 radical (unpaired) electrons.